The number of morpholine rings is 1. The Balaban J connectivity index is 1.41. The summed E-state index contributed by atoms with van der Waals surface area (Å²) in [6.07, 6.45) is 4.18. The molecule has 1 aromatic heterocycles. The van der Waals surface area contributed by atoms with E-state index in [1.165, 1.54) is 19.3 Å². The van der Waals surface area contributed by atoms with Gasteiger partial charge in [0.05, 0.1) is 25.9 Å². The van der Waals surface area contributed by atoms with Crippen LogP contribution in [-0.2, 0) is 9.47 Å². The summed E-state index contributed by atoms with van der Waals surface area (Å²) in [4.78, 5) is 6.91. The second-order valence-corrected chi connectivity index (χ2v) is 6.37. The van der Waals surface area contributed by atoms with E-state index in [9.17, 15) is 0 Å². The average molecular weight is 329 g/mol. The van der Waals surface area contributed by atoms with Crippen LogP contribution in [0.2, 0.25) is 0 Å². The molecule has 2 fully saturated rings. The molecule has 128 valence electrons. The van der Waals surface area contributed by atoms with E-state index >= 15 is 0 Å². The molecule has 6 heteroatoms. The number of benzene rings is 1. The van der Waals surface area contributed by atoms with Gasteiger partial charge in [-0.2, -0.15) is 4.98 Å². The lowest BCUT2D eigenvalue weighted by Gasteiger charge is -2.34. The molecule has 1 atom stereocenters. The zero-order chi connectivity index (χ0) is 16.2. The molecule has 24 heavy (non-hydrogen) atoms. The molecular formula is C18H23N3O3. The van der Waals surface area contributed by atoms with Crippen molar-refractivity contribution in [1.82, 2.24) is 15.0 Å². The van der Waals surface area contributed by atoms with Gasteiger partial charge in [-0.05, 0) is 19.3 Å². The molecule has 0 spiro atoms. The number of hydrogen-bond acceptors (Lipinski definition) is 6. The van der Waals surface area contributed by atoms with Crippen LogP contribution in [0.1, 0.15) is 31.2 Å². The molecule has 2 aromatic rings. The lowest BCUT2D eigenvalue weighted by atomic mass is 9.96. The molecule has 0 bridgehead atoms. The van der Waals surface area contributed by atoms with Crippen LogP contribution in [0.3, 0.4) is 0 Å². The minimum atomic E-state index is 0.00806. The lowest BCUT2D eigenvalue weighted by Crippen LogP contribution is -2.42. The topological polar surface area (TPSA) is 60.6 Å². The summed E-state index contributed by atoms with van der Waals surface area (Å²) in [6, 6.07) is 9.89. The van der Waals surface area contributed by atoms with Crippen molar-refractivity contribution in [3.63, 3.8) is 0 Å². The molecule has 2 aliphatic rings. The van der Waals surface area contributed by atoms with E-state index in [0.29, 0.717) is 24.4 Å². The molecule has 1 aromatic carbocycles. The highest BCUT2D eigenvalue weighted by atomic mass is 16.5. The molecule has 0 radical (unpaired) electrons. The van der Waals surface area contributed by atoms with Gasteiger partial charge >= 0.3 is 0 Å². The maximum Gasteiger partial charge on any atom is 0.246 e. The van der Waals surface area contributed by atoms with Crippen molar-refractivity contribution >= 4 is 0 Å². The lowest BCUT2D eigenvalue weighted by molar-refractivity contribution is -0.0511. The Morgan fingerprint density at radius 1 is 1.21 bits per heavy atom. The Kier molecular flexibility index (Phi) is 4.87. The van der Waals surface area contributed by atoms with Crippen LogP contribution < -0.4 is 0 Å². The van der Waals surface area contributed by atoms with Gasteiger partial charge in [-0.25, -0.2) is 0 Å². The van der Waals surface area contributed by atoms with Crippen molar-refractivity contribution in [2.24, 2.45) is 0 Å². The van der Waals surface area contributed by atoms with Gasteiger partial charge in [0, 0.05) is 18.7 Å². The first kappa shape index (κ1) is 15.7. The van der Waals surface area contributed by atoms with E-state index in [0.717, 1.165) is 31.9 Å². The highest BCUT2D eigenvalue weighted by Crippen LogP contribution is 2.26. The minimum Gasteiger partial charge on any atom is -0.378 e. The predicted octanol–water partition coefficient (Wildman–Crippen LogP) is 2.68. The first-order valence-electron chi connectivity index (χ1n) is 8.72. The molecule has 4 rings (SSSR count). The molecule has 1 aliphatic heterocycles. The summed E-state index contributed by atoms with van der Waals surface area (Å²) in [6.45, 7) is 3.80. The summed E-state index contributed by atoms with van der Waals surface area (Å²) in [7, 11) is 0. The Morgan fingerprint density at radius 2 is 2.08 bits per heavy atom. The SMILES string of the molecule is c1ccc(-c2noc(C3COCCN3CCOC3CCC3)n2)cc1. The molecule has 2 heterocycles. The molecule has 1 saturated carbocycles. The number of nitrogens with zero attached hydrogens (tertiary/aromatic N) is 3. The maximum atomic E-state index is 5.89. The van der Waals surface area contributed by atoms with Crippen LogP contribution in [0, 0.1) is 0 Å². The molecule has 0 amide bonds. The average Bonchev–Trinajstić information content (AvgIpc) is 3.08. The van der Waals surface area contributed by atoms with Crippen molar-refractivity contribution in [1.29, 1.82) is 0 Å². The predicted molar refractivity (Wildman–Crippen MR) is 88.5 cm³/mol. The third kappa shape index (κ3) is 3.50. The summed E-state index contributed by atoms with van der Waals surface area (Å²) in [5.41, 5.74) is 0.962. The van der Waals surface area contributed by atoms with Crippen molar-refractivity contribution in [3.05, 3.63) is 36.2 Å². The molecule has 6 nitrogen and oxygen atoms in total. The summed E-state index contributed by atoms with van der Waals surface area (Å²) in [5.74, 6) is 1.25. The highest BCUT2D eigenvalue weighted by molar-refractivity contribution is 5.53. The van der Waals surface area contributed by atoms with Crippen molar-refractivity contribution in [3.8, 4) is 11.4 Å². The number of ether oxygens (including phenoxy) is 2. The first-order chi connectivity index (χ1) is 11.9. The van der Waals surface area contributed by atoms with E-state index < -0.39 is 0 Å². The standard InChI is InChI=1S/C18H23N3O3/c1-2-5-14(6-3-1)17-19-18(24-20-17)16-13-22-11-9-21(16)10-12-23-15-7-4-8-15/h1-3,5-6,15-16H,4,7-13H2. The first-order valence-corrected chi connectivity index (χ1v) is 8.72. The van der Waals surface area contributed by atoms with Crippen molar-refractivity contribution in [2.45, 2.75) is 31.4 Å². The zero-order valence-corrected chi connectivity index (χ0v) is 13.8. The van der Waals surface area contributed by atoms with Crippen molar-refractivity contribution in [2.75, 3.05) is 32.9 Å². The summed E-state index contributed by atoms with van der Waals surface area (Å²) >= 11 is 0. The number of aromatic nitrogens is 2. The Hall–Kier alpha value is -1.76. The van der Waals surface area contributed by atoms with E-state index in [1.54, 1.807) is 0 Å². The quantitative estimate of drug-likeness (QED) is 0.812. The third-order valence-electron chi connectivity index (χ3n) is 4.78. The van der Waals surface area contributed by atoms with E-state index in [-0.39, 0.29) is 6.04 Å². The second kappa shape index (κ2) is 7.42. The molecule has 1 aliphatic carbocycles. The van der Waals surface area contributed by atoms with Gasteiger partial charge in [0.15, 0.2) is 0 Å². The van der Waals surface area contributed by atoms with Crippen LogP contribution in [0.25, 0.3) is 11.4 Å². The van der Waals surface area contributed by atoms with Gasteiger partial charge in [-0.3, -0.25) is 4.90 Å². The van der Waals surface area contributed by atoms with Crippen LogP contribution in [0.4, 0.5) is 0 Å². The molecule has 1 saturated heterocycles. The Labute approximate surface area is 141 Å². The molecular weight excluding hydrogens is 306 g/mol. The van der Waals surface area contributed by atoms with Gasteiger partial charge in [0.2, 0.25) is 11.7 Å². The molecule has 1 unspecified atom stereocenters. The molecule has 0 N–H and O–H groups in total. The summed E-state index contributed by atoms with van der Waals surface area (Å²) in [5, 5.41) is 4.13. The van der Waals surface area contributed by atoms with Gasteiger partial charge in [-0.15, -0.1) is 0 Å². The second-order valence-electron chi connectivity index (χ2n) is 6.37. The number of rotatable bonds is 6. The fourth-order valence-corrected chi connectivity index (χ4v) is 3.08. The fourth-order valence-electron chi connectivity index (χ4n) is 3.08. The normalized spacial score (nSPS) is 22.4. The number of hydrogen-bond donors (Lipinski definition) is 0. The van der Waals surface area contributed by atoms with Gasteiger partial charge < -0.3 is 14.0 Å². The minimum absolute atomic E-state index is 0.00806. The summed E-state index contributed by atoms with van der Waals surface area (Å²) < 4.78 is 17.0. The van der Waals surface area contributed by atoms with Gasteiger partial charge in [-0.1, -0.05) is 35.5 Å². The van der Waals surface area contributed by atoms with Crippen LogP contribution in [-0.4, -0.2) is 54.1 Å². The monoisotopic (exact) mass is 329 g/mol. The van der Waals surface area contributed by atoms with Crippen LogP contribution in [0.5, 0.6) is 0 Å². The van der Waals surface area contributed by atoms with Crippen LogP contribution in [0.15, 0.2) is 34.9 Å². The van der Waals surface area contributed by atoms with E-state index in [2.05, 4.69) is 15.0 Å². The Bertz CT molecular complexity index is 642. The van der Waals surface area contributed by atoms with Gasteiger partial charge in [0.25, 0.3) is 0 Å². The smallest absolute Gasteiger partial charge is 0.246 e. The largest absolute Gasteiger partial charge is 0.378 e. The maximum absolute atomic E-state index is 5.89. The third-order valence-corrected chi connectivity index (χ3v) is 4.78. The Morgan fingerprint density at radius 3 is 2.88 bits per heavy atom. The van der Waals surface area contributed by atoms with E-state index in [4.69, 9.17) is 14.0 Å². The highest BCUT2D eigenvalue weighted by Gasteiger charge is 2.30. The zero-order valence-electron chi connectivity index (χ0n) is 13.8. The fraction of sp³-hybridized carbons (Fsp3) is 0.556. The van der Waals surface area contributed by atoms with Crippen LogP contribution >= 0.6 is 0 Å². The van der Waals surface area contributed by atoms with Gasteiger partial charge in [0.1, 0.15) is 6.04 Å². The van der Waals surface area contributed by atoms with Crippen molar-refractivity contribution < 1.29 is 14.0 Å². The van der Waals surface area contributed by atoms with E-state index in [1.807, 2.05) is 30.3 Å².